The van der Waals surface area contributed by atoms with Crippen molar-refractivity contribution in [3.8, 4) is 0 Å². The Morgan fingerprint density at radius 1 is 1.29 bits per heavy atom. The summed E-state index contributed by atoms with van der Waals surface area (Å²) in [6.07, 6.45) is 4.97. The number of hydrogen-bond donors (Lipinski definition) is 1. The van der Waals surface area contributed by atoms with Gasteiger partial charge in [0.15, 0.2) is 0 Å². The molecule has 0 radical (unpaired) electrons. The van der Waals surface area contributed by atoms with E-state index >= 15 is 0 Å². The fraction of sp³-hybridized carbons (Fsp3) is 0.692. The minimum atomic E-state index is 0.713. The van der Waals surface area contributed by atoms with Crippen LogP contribution in [-0.2, 0) is 6.54 Å². The first-order valence-electron chi connectivity index (χ1n) is 6.36. The maximum absolute atomic E-state index is 4.38. The molecule has 0 unspecified atom stereocenters. The predicted molar refractivity (Wildman–Crippen MR) is 72.1 cm³/mol. The van der Waals surface area contributed by atoms with Crippen molar-refractivity contribution in [3.05, 3.63) is 18.0 Å². The average molecular weight is 236 g/mol. The summed E-state index contributed by atoms with van der Waals surface area (Å²) >= 11 is 0. The highest BCUT2D eigenvalue weighted by Crippen LogP contribution is 2.08. The Labute approximate surface area is 104 Å². The van der Waals surface area contributed by atoms with E-state index in [0.29, 0.717) is 5.92 Å². The molecule has 0 saturated carbocycles. The van der Waals surface area contributed by atoms with E-state index in [0.717, 1.165) is 31.1 Å². The van der Waals surface area contributed by atoms with Crippen LogP contribution in [0.4, 0.5) is 5.95 Å². The summed E-state index contributed by atoms with van der Waals surface area (Å²) < 4.78 is 0. The maximum Gasteiger partial charge on any atom is 0.224 e. The first kappa shape index (κ1) is 13.9. The van der Waals surface area contributed by atoms with Crippen molar-refractivity contribution in [2.24, 2.45) is 5.92 Å². The molecule has 4 nitrogen and oxygen atoms in total. The normalized spacial score (nSPS) is 10.9. The minimum Gasteiger partial charge on any atom is -0.344 e. The van der Waals surface area contributed by atoms with Crippen LogP contribution in [-0.4, -0.2) is 30.1 Å². The number of rotatable bonds is 7. The van der Waals surface area contributed by atoms with Crippen LogP contribution in [0, 0.1) is 5.92 Å². The Kier molecular flexibility index (Phi) is 5.91. The fourth-order valence-corrected chi connectivity index (χ4v) is 1.46. The van der Waals surface area contributed by atoms with Crippen LogP contribution in [0.5, 0.6) is 0 Å². The van der Waals surface area contributed by atoms with Gasteiger partial charge in [0.05, 0.1) is 0 Å². The van der Waals surface area contributed by atoms with Crippen molar-refractivity contribution in [2.75, 3.05) is 25.0 Å². The van der Waals surface area contributed by atoms with Crippen LogP contribution >= 0.6 is 0 Å². The second-order valence-corrected chi connectivity index (χ2v) is 4.78. The van der Waals surface area contributed by atoms with Crippen LogP contribution in [0.3, 0.4) is 0 Å². The van der Waals surface area contributed by atoms with E-state index < -0.39 is 0 Å². The quantitative estimate of drug-likeness (QED) is 0.787. The topological polar surface area (TPSA) is 41.1 Å². The molecule has 0 amide bonds. The van der Waals surface area contributed by atoms with Crippen LogP contribution in [0.25, 0.3) is 0 Å². The van der Waals surface area contributed by atoms with Gasteiger partial charge in [0.2, 0.25) is 5.95 Å². The standard InChI is InChI=1S/C13H24N4/c1-5-14-8-12-9-15-13(16-10-12)17(4)7-6-11(2)3/h9-11,14H,5-8H2,1-4H3. The Hall–Kier alpha value is -1.16. The van der Waals surface area contributed by atoms with Gasteiger partial charge < -0.3 is 10.2 Å². The molecular formula is C13H24N4. The molecule has 0 aliphatic rings. The highest BCUT2D eigenvalue weighted by atomic mass is 15.2. The Balaban J connectivity index is 2.48. The molecule has 1 heterocycles. The summed E-state index contributed by atoms with van der Waals surface area (Å²) in [6.45, 7) is 9.37. The summed E-state index contributed by atoms with van der Waals surface area (Å²) in [5.74, 6) is 1.52. The lowest BCUT2D eigenvalue weighted by molar-refractivity contribution is 0.581. The van der Waals surface area contributed by atoms with Gasteiger partial charge in [-0.1, -0.05) is 20.8 Å². The number of nitrogens with one attached hydrogen (secondary N) is 1. The van der Waals surface area contributed by atoms with Crippen molar-refractivity contribution in [2.45, 2.75) is 33.7 Å². The molecule has 0 atom stereocenters. The molecule has 0 aliphatic heterocycles. The number of nitrogens with zero attached hydrogens (tertiary/aromatic N) is 3. The molecule has 1 aromatic rings. The number of hydrogen-bond acceptors (Lipinski definition) is 4. The van der Waals surface area contributed by atoms with Crippen molar-refractivity contribution in [3.63, 3.8) is 0 Å². The highest BCUT2D eigenvalue weighted by Gasteiger charge is 2.05. The van der Waals surface area contributed by atoms with Crippen molar-refractivity contribution >= 4 is 5.95 Å². The van der Waals surface area contributed by atoms with E-state index in [1.807, 2.05) is 19.4 Å². The van der Waals surface area contributed by atoms with E-state index in [-0.39, 0.29) is 0 Å². The highest BCUT2D eigenvalue weighted by molar-refractivity contribution is 5.28. The average Bonchev–Trinajstić information content (AvgIpc) is 2.34. The molecule has 1 aromatic heterocycles. The van der Waals surface area contributed by atoms with Crippen LogP contribution in [0.15, 0.2) is 12.4 Å². The van der Waals surface area contributed by atoms with Crippen molar-refractivity contribution < 1.29 is 0 Å². The first-order valence-corrected chi connectivity index (χ1v) is 6.36. The Bertz CT molecular complexity index is 308. The second-order valence-electron chi connectivity index (χ2n) is 4.78. The van der Waals surface area contributed by atoms with Crippen molar-refractivity contribution in [1.82, 2.24) is 15.3 Å². The molecule has 0 bridgehead atoms. The van der Waals surface area contributed by atoms with Crippen LogP contribution in [0.1, 0.15) is 32.8 Å². The Morgan fingerprint density at radius 3 is 2.47 bits per heavy atom. The zero-order valence-corrected chi connectivity index (χ0v) is 11.4. The molecule has 0 aliphatic carbocycles. The summed E-state index contributed by atoms with van der Waals surface area (Å²) in [7, 11) is 2.04. The molecule has 1 rings (SSSR count). The molecular weight excluding hydrogens is 212 g/mol. The summed E-state index contributed by atoms with van der Waals surface area (Å²) in [5, 5.41) is 3.26. The maximum atomic E-state index is 4.38. The largest absolute Gasteiger partial charge is 0.344 e. The zero-order valence-electron chi connectivity index (χ0n) is 11.4. The van der Waals surface area contributed by atoms with Crippen LogP contribution in [0.2, 0.25) is 0 Å². The van der Waals surface area contributed by atoms with E-state index in [2.05, 4.69) is 41.0 Å². The van der Waals surface area contributed by atoms with Gasteiger partial charge >= 0.3 is 0 Å². The van der Waals surface area contributed by atoms with Crippen LogP contribution < -0.4 is 10.2 Å². The number of aromatic nitrogens is 2. The summed E-state index contributed by atoms with van der Waals surface area (Å²) in [6, 6.07) is 0. The molecule has 0 spiro atoms. The zero-order chi connectivity index (χ0) is 12.7. The van der Waals surface area contributed by atoms with Gasteiger partial charge in [-0.05, 0) is 18.9 Å². The molecule has 0 aromatic carbocycles. The number of anilines is 1. The third-order valence-corrected chi connectivity index (χ3v) is 2.65. The predicted octanol–water partition coefficient (Wildman–Crippen LogP) is 2.07. The van der Waals surface area contributed by atoms with Gasteiger partial charge in [0.1, 0.15) is 0 Å². The lowest BCUT2D eigenvalue weighted by atomic mass is 10.1. The van der Waals surface area contributed by atoms with Crippen molar-refractivity contribution in [1.29, 1.82) is 0 Å². The molecule has 1 N–H and O–H groups in total. The fourth-order valence-electron chi connectivity index (χ4n) is 1.46. The van der Waals surface area contributed by atoms with Gasteiger partial charge in [-0.3, -0.25) is 0 Å². The summed E-state index contributed by atoms with van der Waals surface area (Å²) in [5.41, 5.74) is 1.13. The first-order chi connectivity index (χ1) is 8.13. The third-order valence-electron chi connectivity index (χ3n) is 2.65. The van der Waals surface area contributed by atoms with Gasteiger partial charge in [-0.25, -0.2) is 9.97 Å². The lowest BCUT2D eigenvalue weighted by Gasteiger charge is -2.18. The van der Waals surface area contributed by atoms with E-state index in [1.165, 1.54) is 6.42 Å². The minimum absolute atomic E-state index is 0.713. The third kappa shape index (κ3) is 5.13. The molecule has 96 valence electrons. The van der Waals surface area contributed by atoms with E-state index in [9.17, 15) is 0 Å². The molecule has 4 heteroatoms. The lowest BCUT2D eigenvalue weighted by Crippen LogP contribution is -2.22. The molecule has 0 fully saturated rings. The summed E-state index contributed by atoms with van der Waals surface area (Å²) in [4.78, 5) is 10.9. The molecule has 17 heavy (non-hydrogen) atoms. The van der Waals surface area contributed by atoms with E-state index in [4.69, 9.17) is 0 Å². The van der Waals surface area contributed by atoms with Gasteiger partial charge in [0, 0.05) is 38.1 Å². The second kappa shape index (κ2) is 7.22. The van der Waals surface area contributed by atoms with Gasteiger partial charge in [-0.15, -0.1) is 0 Å². The van der Waals surface area contributed by atoms with Gasteiger partial charge in [-0.2, -0.15) is 0 Å². The monoisotopic (exact) mass is 236 g/mol. The Morgan fingerprint density at radius 2 is 1.94 bits per heavy atom. The van der Waals surface area contributed by atoms with E-state index in [1.54, 1.807) is 0 Å². The van der Waals surface area contributed by atoms with Gasteiger partial charge in [0.25, 0.3) is 0 Å². The smallest absolute Gasteiger partial charge is 0.224 e. The SMILES string of the molecule is CCNCc1cnc(N(C)CCC(C)C)nc1. The molecule has 0 saturated heterocycles.